The number of nitrogens with zero attached hydrogens (tertiary/aromatic N) is 1. The van der Waals surface area contributed by atoms with E-state index in [1.807, 2.05) is 13.8 Å². The summed E-state index contributed by atoms with van der Waals surface area (Å²) in [6.45, 7) is 5.24. The summed E-state index contributed by atoms with van der Waals surface area (Å²) in [4.78, 5) is 25.6. The summed E-state index contributed by atoms with van der Waals surface area (Å²) in [5.74, 6) is -0.0207. The lowest BCUT2D eigenvalue weighted by molar-refractivity contribution is -0.134. The third-order valence-electron chi connectivity index (χ3n) is 4.06. The van der Waals surface area contributed by atoms with Gasteiger partial charge >= 0.3 is 6.03 Å². The third-order valence-corrected chi connectivity index (χ3v) is 4.06. The highest BCUT2D eigenvalue weighted by molar-refractivity contribution is 6.06. The van der Waals surface area contributed by atoms with Gasteiger partial charge in [0.1, 0.15) is 5.76 Å². The summed E-state index contributed by atoms with van der Waals surface area (Å²) in [5, 5.41) is 13.0. The minimum absolute atomic E-state index is 0.0129. The van der Waals surface area contributed by atoms with E-state index in [-0.39, 0.29) is 6.54 Å². The lowest BCUT2D eigenvalue weighted by Crippen LogP contribution is -2.46. The van der Waals surface area contributed by atoms with Crippen molar-refractivity contribution in [1.29, 1.82) is 0 Å². The highest BCUT2D eigenvalue weighted by atomic mass is 16.3. The second-order valence-electron chi connectivity index (χ2n) is 5.36. The van der Waals surface area contributed by atoms with Crippen LogP contribution in [0.25, 0.3) is 0 Å². The van der Waals surface area contributed by atoms with Crippen LogP contribution in [0.1, 0.15) is 39.4 Å². The van der Waals surface area contributed by atoms with Gasteiger partial charge in [0, 0.05) is 0 Å². The van der Waals surface area contributed by atoms with Crippen LogP contribution in [0.2, 0.25) is 0 Å². The van der Waals surface area contributed by atoms with Crippen molar-refractivity contribution < 1.29 is 19.1 Å². The van der Waals surface area contributed by atoms with Crippen LogP contribution in [0.4, 0.5) is 4.79 Å². The van der Waals surface area contributed by atoms with Gasteiger partial charge < -0.3 is 14.8 Å². The van der Waals surface area contributed by atoms with Crippen LogP contribution >= 0.6 is 0 Å². The number of imide groups is 1. The fraction of sp³-hybridized carbons (Fsp3) is 0.571. The molecule has 2 heterocycles. The predicted molar refractivity (Wildman–Crippen MR) is 71.8 cm³/mol. The van der Waals surface area contributed by atoms with Gasteiger partial charge in [0.25, 0.3) is 5.91 Å². The molecule has 6 heteroatoms. The van der Waals surface area contributed by atoms with Gasteiger partial charge in [0.15, 0.2) is 5.54 Å². The Hall–Kier alpha value is -1.82. The van der Waals surface area contributed by atoms with Crippen LogP contribution in [-0.4, -0.2) is 34.1 Å². The molecule has 1 atom stereocenters. The molecule has 1 saturated heterocycles. The van der Waals surface area contributed by atoms with E-state index in [9.17, 15) is 14.7 Å². The molecule has 2 rings (SSSR count). The first-order chi connectivity index (χ1) is 9.36. The molecule has 20 heavy (non-hydrogen) atoms. The molecule has 0 radical (unpaired) electrons. The summed E-state index contributed by atoms with van der Waals surface area (Å²) in [5.41, 5.74) is -2.26. The maximum atomic E-state index is 12.5. The van der Waals surface area contributed by atoms with Crippen molar-refractivity contribution in [3.63, 3.8) is 0 Å². The Labute approximate surface area is 117 Å². The minimum atomic E-state index is -1.21. The zero-order chi connectivity index (χ0) is 15.0. The lowest BCUT2D eigenvalue weighted by atomic mass is 9.95. The molecule has 0 saturated carbocycles. The van der Waals surface area contributed by atoms with Gasteiger partial charge in [-0.05, 0) is 31.9 Å². The smallest absolute Gasteiger partial charge is 0.325 e. The Bertz CT molecular complexity index is 507. The normalized spacial score (nSPS) is 23.3. The van der Waals surface area contributed by atoms with Crippen LogP contribution < -0.4 is 5.32 Å². The van der Waals surface area contributed by atoms with Crippen LogP contribution in [0.5, 0.6) is 0 Å². The van der Waals surface area contributed by atoms with E-state index < -0.39 is 23.1 Å². The number of amides is 3. The quantitative estimate of drug-likeness (QED) is 0.802. The van der Waals surface area contributed by atoms with Crippen molar-refractivity contribution in [2.75, 3.05) is 6.54 Å². The zero-order valence-electron chi connectivity index (χ0n) is 12.0. The second-order valence-corrected chi connectivity index (χ2v) is 5.36. The monoisotopic (exact) mass is 280 g/mol. The average molecular weight is 280 g/mol. The highest BCUT2D eigenvalue weighted by Gasteiger charge is 2.52. The number of nitrogens with one attached hydrogen (secondary N) is 1. The first-order valence-corrected chi connectivity index (χ1v) is 6.77. The molecular weight excluding hydrogens is 260 g/mol. The van der Waals surface area contributed by atoms with E-state index in [0.29, 0.717) is 18.6 Å². The Morgan fingerprint density at radius 1 is 1.40 bits per heavy atom. The average Bonchev–Trinajstić information content (AvgIpc) is 3.03. The summed E-state index contributed by atoms with van der Waals surface area (Å²) in [6.07, 6.45) is 2.40. The van der Waals surface area contributed by atoms with Gasteiger partial charge in [-0.15, -0.1) is 0 Å². The van der Waals surface area contributed by atoms with Crippen molar-refractivity contribution in [1.82, 2.24) is 10.2 Å². The number of β-amino-alcohol motifs (C(OH)–C–C–N with tert-alkyl or cyclic N) is 1. The minimum Gasteiger partial charge on any atom is -0.466 e. The van der Waals surface area contributed by atoms with Gasteiger partial charge in [-0.1, -0.05) is 13.8 Å². The number of furan rings is 1. The summed E-state index contributed by atoms with van der Waals surface area (Å²) < 4.78 is 5.25. The first kappa shape index (κ1) is 14.6. The second kappa shape index (κ2) is 4.94. The molecule has 3 amide bonds. The topological polar surface area (TPSA) is 82.8 Å². The van der Waals surface area contributed by atoms with Gasteiger partial charge in [-0.2, -0.15) is 0 Å². The molecule has 110 valence electrons. The van der Waals surface area contributed by atoms with Crippen LogP contribution in [0.15, 0.2) is 22.8 Å². The maximum absolute atomic E-state index is 12.5. The highest BCUT2D eigenvalue weighted by Crippen LogP contribution is 2.30. The van der Waals surface area contributed by atoms with E-state index in [4.69, 9.17) is 4.42 Å². The number of carbonyl (C=O) groups is 2. The standard InChI is InChI=1S/C14H20N2O4/c1-4-14(19,5-2)9-16-11(17)13(3,15-12(16)18)10-7-6-8-20-10/h6-8,19H,4-5,9H2,1-3H3,(H,15,18). The molecule has 6 nitrogen and oxygen atoms in total. The van der Waals surface area contributed by atoms with E-state index in [1.165, 1.54) is 6.26 Å². The molecular formula is C14H20N2O4. The van der Waals surface area contributed by atoms with Gasteiger partial charge in [0.05, 0.1) is 18.4 Å². The molecule has 0 bridgehead atoms. The first-order valence-electron chi connectivity index (χ1n) is 6.77. The van der Waals surface area contributed by atoms with Crippen LogP contribution in [0, 0.1) is 0 Å². The van der Waals surface area contributed by atoms with Gasteiger partial charge in [0.2, 0.25) is 0 Å². The fourth-order valence-electron chi connectivity index (χ4n) is 2.34. The number of carbonyl (C=O) groups excluding carboxylic acids is 2. The van der Waals surface area contributed by atoms with E-state index in [2.05, 4.69) is 5.32 Å². The van der Waals surface area contributed by atoms with Crippen LogP contribution in [0.3, 0.4) is 0 Å². The molecule has 2 N–H and O–H groups in total. The molecule has 1 aliphatic heterocycles. The molecule has 0 aliphatic carbocycles. The fourth-order valence-corrected chi connectivity index (χ4v) is 2.34. The van der Waals surface area contributed by atoms with Crippen molar-refractivity contribution in [3.8, 4) is 0 Å². The van der Waals surface area contributed by atoms with Crippen molar-refractivity contribution in [2.45, 2.75) is 44.8 Å². The Morgan fingerprint density at radius 2 is 2.05 bits per heavy atom. The Balaban J connectivity index is 2.26. The largest absolute Gasteiger partial charge is 0.466 e. The van der Waals surface area contributed by atoms with E-state index in [1.54, 1.807) is 19.1 Å². The molecule has 0 spiro atoms. The molecule has 1 unspecified atom stereocenters. The van der Waals surface area contributed by atoms with Crippen LogP contribution in [-0.2, 0) is 10.3 Å². The van der Waals surface area contributed by atoms with Crippen molar-refractivity contribution >= 4 is 11.9 Å². The molecule has 1 aromatic rings. The third kappa shape index (κ3) is 2.20. The summed E-state index contributed by atoms with van der Waals surface area (Å²) >= 11 is 0. The number of urea groups is 1. The van der Waals surface area contributed by atoms with Gasteiger partial charge in [-0.25, -0.2) is 4.79 Å². The van der Waals surface area contributed by atoms with Gasteiger partial charge in [-0.3, -0.25) is 9.69 Å². The Morgan fingerprint density at radius 3 is 2.55 bits per heavy atom. The lowest BCUT2D eigenvalue weighted by Gasteiger charge is -2.29. The van der Waals surface area contributed by atoms with E-state index in [0.717, 1.165) is 4.90 Å². The molecule has 1 aliphatic rings. The zero-order valence-corrected chi connectivity index (χ0v) is 12.0. The molecule has 0 aromatic carbocycles. The maximum Gasteiger partial charge on any atom is 0.325 e. The van der Waals surface area contributed by atoms with E-state index >= 15 is 0 Å². The summed E-state index contributed by atoms with van der Waals surface area (Å²) in [7, 11) is 0. The van der Waals surface area contributed by atoms with Crippen molar-refractivity contribution in [3.05, 3.63) is 24.2 Å². The van der Waals surface area contributed by atoms with Crippen molar-refractivity contribution in [2.24, 2.45) is 0 Å². The number of hydrogen-bond donors (Lipinski definition) is 2. The number of rotatable bonds is 5. The summed E-state index contributed by atoms with van der Waals surface area (Å²) in [6, 6.07) is 2.80. The number of hydrogen-bond acceptors (Lipinski definition) is 4. The predicted octanol–water partition coefficient (Wildman–Crippen LogP) is 1.60. The molecule has 1 aromatic heterocycles. The molecule has 1 fully saturated rings. The number of aliphatic hydroxyl groups is 1. The SMILES string of the molecule is CCC(O)(CC)CN1C(=O)NC(C)(c2ccco2)C1=O. The Kier molecular flexibility index (Phi) is 3.60.